The quantitative estimate of drug-likeness (QED) is 0.630. The Hall–Kier alpha value is -2.77. The van der Waals surface area contributed by atoms with Crippen LogP contribution in [-0.4, -0.2) is 33.7 Å². The molecule has 0 saturated heterocycles. The number of aromatic nitrogens is 1. The number of nitrogens with one attached hydrogen (secondary N) is 1. The Morgan fingerprint density at radius 3 is 2.39 bits per heavy atom. The standard InChI is InChI=1S/C21H24N2O4S/c1-23-14-6-8-19(23)18-11-10-17(15-21(18)27-3)28(24,25)22-13-12-16-7-4-5-9-20(16)26-2/h4-11,14-15,22H,12-13H2,1-3H3. The van der Waals surface area contributed by atoms with E-state index >= 15 is 0 Å². The molecule has 0 amide bonds. The third kappa shape index (κ3) is 4.21. The van der Waals surface area contributed by atoms with Crippen LogP contribution in [0.1, 0.15) is 5.56 Å². The fourth-order valence-corrected chi connectivity index (χ4v) is 4.15. The number of methoxy groups -OCH3 is 2. The minimum Gasteiger partial charge on any atom is -0.496 e. The molecule has 0 radical (unpaired) electrons. The number of rotatable bonds is 8. The Morgan fingerprint density at radius 2 is 1.71 bits per heavy atom. The van der Waals surface area contributed by atoms with E-state index in [4.69, 9.17) is 9.47 Å². The lowest BCUT2D eigenvalue weighted by atomic mass is 10.1. The lowest BCUT2D eigenvalue weighted by molar-refractivity contribution is 0.409. The van der Waals surface area contributed by atoms with Crippen LogP contribution in [0.25, 0.3) is 11.3 Å². The van der Waals surface area contributed by atoms with Crippen molar-refractivity contribution in [3.63, 3.8) is 0 Å². The van der Waals surface area contributed by atoms with Crippen molar-refractivity contribution in [2.24, 2.45) is 7.05 Å². The van der Waals surface area contributed by atoms with Gasteiger partial charge in [-0.3, -0.25) is 0 Å². The number of nitrogens with zero attached hydrogens (tertiary/aromatic N) is 1. The van der Waals surface area contributed by atoms with Crippen LogP contribution in [-0.2, 0) is 23.5 Å². The van der Waals surface area contributed by atoms with E-state index in [0.29, 0.717) is 12.2 Å². The summed E-state index contributed by atoms with van der Waals surface area (Å²) < 4.78 is 40.8. The molecular weight excluding hydrogens is 376 g/mol. The molecule has 3 rings (SSSR count). The summed E-state index contributed by atoms with van der Waals surface area (Å²) >= 11 is 0. The first-order chi connectivity index (χ1) is 13.5. The molecule has 1 aromatic heterocycles. The topological polar surface area (TPSA) is 69.6 Å². The molecule has 0 atom stereocenters. The fourth-order valence-electron chi connectivity index (χ4n) is 3.10. The van der Waals surface area contributed by atoms with E-state index in [1.165, 1.54) is 7.11 Å². The molecule has 0 aliphatic heterocycles. The van der Waals surface area contributed by atoms with Crippen LogP contribution < -0.4 is 14.2 Å². The Balaban J connectivity index is 1.77. The van der Waals surface area contributed by atoms with Crippen LogP contribution in [0.2, 0.25) is 0 Å². The molecule has 0 aliphatic rings. The van der Waals surface area contributed by atoms with Gasteiger partial charge in [0.2, 0.25) is 10.0 Å². The predicted molar refractivity (Wildman–Crippen MR) is 109 cm³/mol. The van der Waals surface area contributed by atoms with Crippen molar-refractivity contribution in [3.05, 3.63) is 66.4 Å². The summed E-state index contributed by atoms with van der Waals surface area (Å²) in [5.74, 6) is 1.25. The molecular formula is C21H24N2O4S. The van der Waals surface area contributed by atoms with E-state index in [-0.39, 0.29) is 11.4 Å². The normalized spacial score (nSPS) is 11.4. The molecule has 0 unspecified atom stereocenters. The number of hydrogen-bond acceptors (Lipinski definition) is 4. The van der Waals surface area contributed by atoms with E-state index in [1.807, 2.05) is 54.2 Å². The number of ether oxygens (including phenoxy) is 2. The van der Waals surface area contributed by atoms with Crippen LogP contribution in [0.5, 0.6) is 11.5 Å². The number of benzene rings is 2. The van der Waals surface area contributed by atoms with Crippen molar-refractivity contribution in [3.8, 4) is 22.8 Å². The van der Waals surface area contributed by atoms with E-state index in [1.54, 1.807) is 25.3 Å². The summed E-state index contributed by atoms with van der Waals surface area (Å²) in [5, 5.41) is 0. The van der Waals surface area contributed by atoms with Crippen LogP contribution in [0.4, 0.5) is 0 Å². The summed E-state index contributed by atoms with van der Waals surface area (Å²) in [7, 11) is 1.41. The van der Waals surface area contributed by atoms with Crippen molar-refractivity contribution in [2.45, 2.75) is 11.3 Å². The number of hydrogen-bond donors (Lipinski definition) is 1. The highest BCUT2D eigenvalue weighted by Gasteiger charge is 2.18. The SMILES string of the molecule is COc1ccccc1CCNS(=O)(=O)c1ccc(-c2cccn2C)c(OC)c1. The molecule has 28 heavy (non-hydrogen) atoms. The number of aryl methyl sites for hydroxylation is 1. The zero-order chi connectivity index (χ0) is 20.1. The van der Waals surface area contributed by atoms with Gasteiger partial charge < -0.3 is 14.0 Å². The highest BCUT2D eigenvalue weighted by molar-refractivity contribution is 7.89. The molecule has 6 nitrogen and oxygen atoms in total. The van der Waals surface area contributed by atoms with Crippen LogP contribution in [0.15, 0.2) is 65.7 Å². The average Bonchev–Trinajstić information content (AvgIpc) is 3.13. The summed E-state index contributed by atoms with van der Waals surface area (Å²) in [5.41, 5.74) is 2.73. The molecule has 0 aliphatic carbocycles. The van der Waals surface area contributed by atoms with Gasteiger partial charge in [0.1, 0.15) is 11.5 Å². The molecule has 3 aromatic rings. The number of sulfonamides is 1. The maximum absolute atomic E-state index is 12.7. The van der Waals surface area contributed by atoms with Crippen LogP contribution in [0.3, 0.4) is 0 Å². The first-order valence-corrected chi connectivity index (χ1v) is 10.4. The van der Waals surface area contributed by atoms with Crippen molar-refractivity contribution in [1.29, 1.82) is 0 Å². The Morgan fingerprint density at radius 1 is 0.964 bits per heavy atom. The van der Waals surface area contributed by atoms with Gasteiger partial charge in [0.05, 0.1) is 24.8 Å². The van der Waals surface area contributed by atoms with Gasteiger partial charge in [-0.25, -0.2) is 13.1 Å². The first-order valence-electron chi connectivity index (χ1n) is 8.87. The minimum atomic E-state index is -3.66. The zero-order valence-electron chi connectivity index (χ0n) is 16.2. The summed E-state index contributed by atoms with van der Waals surface area (Å²) in [6.07, 6.45) is 2.46. The van der Waals surface area contributed by atoms with E-state index in [2.05, 4.69) is 4.72 Å². The van der Waals surface area contributed by atoms with Crippen molar-refractivity contribution in [2.75, 3.05) is 20.8 Å². The summed E-state index contributed by atoms with van der Waals surface area (Å²) in [6.45, 7) is 0.268. The lowest BCUT2D eigenvalue weighted by Gasteiger charge is -2.13. The largest absolute Gasteiger partial charge is 0.496 e. The Bertz CT molecular complexity index is 1060. The minimum absolute atomic E-state index is 0.169. The molecule has 1 heterocycles. The molecule has 0 spiro atoms. The second kappa shape index (κ2) is 8.50. The Labute approximate surface area is 165 Å². The summed E-state index contributed by atoms with van der Waals surface area (Å²) in [6, 6.07) is 16.4. The molecule has 0 saturated carbocycles. The Kier molecular flexibility index (Phi) is 6.06. The van der Waals surface area contributed by atoms with Gasteiger partial charge in [-0.05, 0) is 42.3 Å². The zero-order valence-corrected chi connectivity index (χ0v) is 17.0. The number of para-hydroxylation sites is 1. The van der Waals surface area contributed by atoms with Gasteiger partial charge in [-0.1, -0.05) is 18.2 Å². The van der Waals surface area contributed by atoms with Crippen molar-refractivity contribution < 1.29 is 17.9 Å². The molecule has 0 bridgehead atoms. The van der Waals surface area contributed by atoms with Crippen LogP contribution >= 0.6 is 0 Å². The molecule has 0 fully saturated rings. The third-order valence-corrected chi connectivity index (χ3v) is 6.04. The van der Waals surface area contributed by atoms with Crippen molar-refractivity contribution in [1.82, 2.24) is 9.29 Å². The van der Waals surface area contributed by atoms with Gasteiger partial charge in [0.15, 0.2) is 0 Å². The lowest BCUT2D eigenvalue weighted by Crippen LogP contribution is -2.26. The highest BCUT2D eigenvalue weighted by Crippen LogP contribution is 2.32. The smallest absolute Gasteiger partial charge is 0.240 e. The fraction of sp³-hybridized carbons (Fsp3) is 0.238. The predicted octanol–water partition coefficient (Wildman–Crippen LogP) is 3.23. The average molecular weight is 401 g/mol. The highest BCUT2D eigenvalue weighted by atomic mass is 32.2. The van der Waals surface area contributed by atoms with Gasteiger partial charge >= 0.3 is 0 Å². The molecule has 1 N–H and O–H groups in total. The maximum Gasteiger partial charge on any atom is 0.240 e. The molecule has 148 valence electrons. The van der Waals surface area contributed by atoms with E-state index in [9.17, 15) is 8.42 Å². The van der Waals surface area contributed by atoms with Gasteiger partial charge in [0, 0.05) is 31.4 Å². The van der Waals surface area contributed by atoms with Gasteiger partial charge in [0.25, 0.3) is 0 Å². The summed E-state index contributed by atoms with van der Waals surface area (Å²) in [4.78, 5) is 0.169. The monoisotopic (exact) mass is 400 g/mol. The van der Waals surface area contributed by atoms with E-state index < -0.39 is 10.0 Å². The second-order valence-electron chi connectivity index (χ2n) is 6.33. The van der Waals surface area contributed by atoms with E-state index in [0.717, 1.165) is 22.6 Å². The van der Waals surface area contributed by atoms with Gasteiger partial charge in [-0.2, -0.15) is 0 Å². The maximum atomic E-state index is 12.7. The molecule has 7 heteroatoms. The molecule has 2 aromatic carbocycles. The third-order valence-electron chi connectivity index (χ3n) is 4.58. The first kappa shape index (κ1) is 20.0. The van der Waals surface area contributed by atoms with Crippen LogP contribution in [0, 0.1) is 0 Å². The second-order valence-corrected chi connectivity index (χ2v) is 8.09. The van der Waals surface area contributed by atoms with Gasteiger partial charge in [-0.15, -0.1) is 0 Å². The van der Waals surface area contributed by atoms with Crippen molar-refractivity contribution >= 4 is 10.0 Å².